The highest BCUT2D eigenvalue weighted by Crippen LogP contribution is 2.27. The number of nitrogens with one attached hydrogen (secondary N) is 1. The lowest BCUT2D eigenvalue weighted by atomic mass is 9.97. The molecular weight excluding hydrogens is 272 g/mol. The number of hydrogen-bond acceptors (Lipinski definition) is 3. The van der Waals surface area contributed by atoms with E-state index in [-0.39, 0.29) is 23.8 Å². The molecule has 0 aliphatic carbocycles. The second kappa shape index (κ2) is 6.39. The lowest BCUT2D eigenvalue weighted by Gasteiger charge is -2.31. The zero-order chi connectivity index (χ0) is 14.7. The molecule has 1 fully saturated rings. The second-order valence-corrected chi connectivity index (χ2v) is 6.38. The van der Waals surface area contributed by atoms with Gasteiger partial charge in [-0.2, -0.15) is 0 Å². The zero-order valence-corrected chi connectivity index (χ0v) is 13.1. The maximum absolute atomic E-state index is 12.7. The van der Waals surface area contributed by atoms with Crippen molar-refractivity contribution < 1.29 is 9.59 Å². The molecule has 0 spiro atoms. The Morgan fingerprint density at radius 3 is 2.80 bits per heavy atom. The van der Waals surface area contributed by atoms with Gasteiger partial charge in [0.05, 0.1) is 6.04 Å². The third-order valence-corrected chi connectivity index (χ3v) is 5.12. The highest BCUT2D eigenvalue weighted by Gasteiger charge is 2.35. The molecular formula is C15H22N2O2S. The molecule has 1 aromatic rings. The van der Waals surface area contributed by atoms with Crippen molar-refractivity contribution >= 4 is 23.2 Å². The summed E-state index contributed by atoms with van der Waals surface area (Å²) in [6.45, 7) is 6.59. The van der Waals surface area contributed by atoms with Gasteiger partial charge in [-0.15, -0.1) is 11.3 Å². The fraction of sp³-hybridized carbons (Fsp3) is 0.600. The van der Waals surface area contributed by atoms with E-state index in [9.17, 15) is 9.59 Å². The topological polar surface area (TPSA) is 49.4 Å². The highest BCUT2D eigenvalue weighted by molar-refractivity contribution is 7.10. The maximum atomic E-state index is 12.7. The first-order chi connectivity index (χ1) is 9.54. The lowest BCUT2D eigenvalue weighted by Crippen LogP contribution is -2.48. The predicted molar refractivity (Wildman–Crippen MR) is 80.4 cm³/mol. The Bertz CT molecular complexity index is 472. The molecule has 2 rings (SSSR count). The van der Waals surface area contributed by atoms with Crippen molar-refractivity contribution in [2.24, 2.45) is 5.92 Å². The van der Waals surface area contributed by atoms with Crippen molar-refractivity contribution in [1.29, 1.82) is 0 Å². The van der Waals surface area contributed by atoms with Crippen LogP contribution in [0.2, 0.25) is 0 Å². The van der Waals surface area contributed by atoms with Crippen LogP contribution in [0.15, 0.2) is 17.5 Å². The minimum Gasteiger partial charge on any atom is -0.344 e. The van der Waals surface area contributed by atoms with Gasteiger partial charge in [0, 0.05) is 17.8 Å². The van der Waals surface area contributed by atoms with Crippen LogP contribution in [0, 0.1) is 5.92 Å². The van der Waals surface area contributed by atoms with Gasteiger partial charge in [0.1, 0.15) is 6.04 Å². The third kappa shape index (κ3) is 3.03. The molecule has 1 aliphatic rings. The van der Waals surface area contributed by atoms with Gasteiger partial charge in [-0.05, 0) is 24.3 Å². The van der Waals surface area contributed by atoms with Gasteiger partial charge in [0.25, 0.3) is 0 Å². The van der Waals surface area contributed by atoms with Crippen LogP contribution in [0.4, 0.5) is 0 Å². The van der Waals surface area contributed by atoms with Gasteiger partial charge >= 0.3 is 0 Å². The molecule has 1 aromatic heterocycles. The Balaban J connectivity index is 2.23. The third-order valence-electron chi connectivity index (χ3n) is 4.08. The molecule has 0 aromatic carbocycles. The number of rotatable bonds is 4. The first-order valence-electron chi connectivity index (χ1n) is 7.17. The van der Waals surface area contributed by atoms with E-state index in [1.165, 1.54) is 0 Å². The van der Waals surface area contributed by atoms with Crippen LogP contribution in [0.5, 0.6) is 0 Å². The van der Waals surface area contributed by atoms with Crippen molar-refractivity contribution in [3.05, 3.63) is 22.4 Å². The van der Waals surface area contributed by atoms with E-state index in [0.29, 0.717) is 13.0 Å². The summed E-state index contributed by atoms with van der Waals surface area (Å²) in [6, 6.07) is 3.68. The van der Waals surface area contributed by atoms with Gasteiger partial charge in [-0.1, -0.05) is 26.3 Å². The smallest absolute Gasteiger partial charge is 0.245 e. The number of nitrogens with zero attached hydrogens (tertiary/aromatic N) is 1. The first kappa shape index (κ1) is 15.0. The van der Waals surface area contributed by atoms with Gasteiger partial charge in [0.2, 0.25) is 11.8 Å². The first-order valence-corrected chi connectivity index (χ1v) is 8.05. The summed E-state index contributed by atoms with van der Waals surface area (Å²) in [5, 5.41) is 4.90. The normalized spacial score (nSPS) is 23.1. The quantitative estimate of drug-likeness (QED) is 0.928. The average Bonchev–Trinajstić information content (AvgIpc) is 2.93. The van der Waals surface area contributed by atoms with Crippen molar-refractivity contribution in [3.8, 4) is 0 Å². The van der Waals surface area contributed by atoms with Gasteiger partial charge < -0.3 is 10.2 Å². The molecule has 2 heterocycles. The van der Waals surface area contributed by atoms with Gasteiger partial charge in [-0.25, -0.2) is 0 Å². The molecule has 1 aliphatic heterocycles. The number of amides is 2. The van der Waals surface area contributed by atoms with Crippen LogP contribution in [-0.2, 0) is 9.59 Å². The molecule has 0 radical (unpaired) electrons. The molecule has 5 heteroatoms. The van der Waals surface area contributed by atoms with Gasteiger partial charge in [-0.3, -0.25) is 9.59 Å². The molecule has 3 unspecified atom stereocenters. The van der Waals surface area contributed by atoms with E-state index in [1.54, 1.807) is 11.3 Å². The van der Waals surface area contributed by atoms with Crippen LogP contribution in [0.3, 0.4) is 0 Å². The van der Waals surface area contributed by atoms with Gasteiger partial charge in [0.15, 0.2) is 0 Å². The fourth-order valence-corrected chi connectivity index (χ4v) is 3.30. The van der Waals surface area contributed by atoms with Crippen molar-refractivity contribution in [1.82, 2.24) is 10.2 Å². The largest absolute Gasteiger partial charge is 0.344 e. The Labute approximate surface area is 124 Å². The zero-order valence-electron chi connectivity index (χ0n) is 12.3. The summed E-state index contributed by atoms with van der Waals surface area (Å²) < 4.78 is 0. The molecule has 110 valence electrons. The minimum atomic E-state index is -0.391. The van der Waals surface area contributed by atoms with E-state index in [0.717, 1.165) is 11.3 Å². The summed E-state index contributed by atoms with van der Waals surface area (Å²) >= 11 is 1.65. The van der Waals surface area contributed by atoms with E-state index >= 15 is 0 Å². The molecule has 4 nitrogen and oxygen atoms in total. The predicted octanol–water partition coefficient (Wildman–Crippen LogP) is 2.57. The van der Waals surface area contributed by atoms with E-state index in [4.69, 9.17) is 0 Å². The SMILES string of the molecule is CCC(C)C1NC(=O)CCN(C(C)c2cccs2)C1=O. The summed E-state index contributed by atoms with van der Waals surface area (Å²) in [5.74, 6) is 0.179. The molecule has 0 bridgehead atoms. The van der Waals surface area contributed by atoms with Crippen LogP contribution in [-0.4, -0.2) is 29.3 Å². The Morgan fingerprint density at radius 1 is 1.45 bits per heavy atom. The van der Waals surface area contributed by atoms with E-state index < -0.39 is 6.04 Å². The van der Waals surface area contributed by atoms with Crippen molar-refractivity contribution in [2.45, 2.75) is 45.7 Å². The molecule has 1 saturated heterocycles. The monoisotopic (exact) mass is 294 g/mol. The maximum Gasteiger partial charge on any atom is 0.245 e. The van der Waals surface area contributed by atoms with Crippen LogP contribution < -0.4 is 5.32 Å². The fourth-order valence-electron chi connectivity index (χ4n) is 2.51. The second-order valence-electron chi connectivity index (χ2n) is 5.40. The van der Waals surface area contributed by atoms with Crippen LogP contribution in [0.25, 0.3) is 0 Å². The Hall–Kier alpha value is -1.36. The Kier molecular flexibility index (Phi) is 4.81. The summed E-state index contributed by atoms with van der Waals surface area (Å²) in [7, 11) is 0. The lowest BCUT2D eigenvalue weighted by molar-refractivity contribution is -0.136. The average molecular weight is 294 g/mol. The number of hydrogen-bond donors (Lipinski definition) is 1. The minimum absolute atomic E-state index is 0.0236. The number of carbonyl (C=O) groups excluding carboxylic acids is 2. The van der Waals surface area contributed by atoms with E-state index in [2.05, 4.69) is 5.32 Å². The Morgan fingerprint density at radius 2 is 2.20 bits per heavy atom. The highest BCUT2D eigenvalue weighted by atomic mass is 32.1. The molecule has 3 atom stereocenters. The van der Waals surface area contributed by atoms with Crippen molar-refractivity contribution in [3.63, 3.8) is 0 Å². The number of thiophene rings is 1. The van der Waals surface area contributed by atoms with Crippen LogP contribution >= 0.6 is 11.3 Å². The summed E-state index contributed by atoms with van der Waals surface area (Å²) in [6.07, 6.45) is 1.26. The summed E-state index contributed by atoms with van der Waals surface area (Å²) in [4.78, 5) is 27.6. The van der Waals surface area contributed by atoms with Crippen molar-refractivity contribution in [2.75, 3.05) is 6.54 Å². The van der Waals surface area contributed by atoms with Crippen LogP contribution in [0.1, 0.15) is 44.5 Å². The number of carbonyl (C=O) groups is 2. The molecule has 20 heavy (non-hydrogen) atoms. The molecule has 1 N–H and O–H groups in total. The van der Waals surface area contributed by atoms with E-state index in [1.807, 2.05) is 43.2 Å². The molecule has 2 amide bonds. The standard InChI is InChI=1S/C15H22N2O2S/c1-4-10(2)14-15(19)17(8-7-13(18)16-14)11(3)12-6-5-9-20-12/h5-6,9-11,14H,4,7-8H2,1-3H3,(H,16,18). The summed E-state index contributed by atoms with van der Waals surface area (Å²) in [5.41, 5.74) is 0. The molecule has 0 saturated carbocycles.